The van der Waals surface area contributed by atoms with Crippen molar-refractivity contribution in [2.45, 2.75) is 18.8 Å². The minimum absolute atomic E-state index is 0.0982. The third kappa shape index (κ3) is 1.87. The van der Waals surface area contributed by atoms with Gasteiger partial charge in [-0.3, -0.25) is 4.79 Å². The highest BCUT2D eigenvalue weighted by Gasteiger charge is 2.15. The van der Waals surface area contributed by atoms with Crippen LogP contribution in [-0.4, -0.2) is 17.7 Å². The molecule has 1 aliphatic rings. The zero-order valence-corrected chi connectivity index (χ0v) is 8.49. The summed E-state index contributed by atoms with van der Waals surface area (Å²) in [7, 11) is 1.79. The summed E-state index contributed by atoms with van der Waals surface area (Å²) >= 11 is 0. The lowest BCUT2D eigenvalue weighted by atomic mass is 9.91. The van der Waals surface area contributed by atoms with E-state index in [1.165, 1.54) is 5.56 Å². The molecule has 0 spiro atoms. The molecule has 0 aromatic carbocycles. The molecule has 14 heavy (non-hydrogen) atoms. The highest BCUT2D eigenvalue weighted by molar-refractivity contribution is 5.17. The zero-order chi connectivity index (χ0) is 9.97. The van der Waals surface area contributed by atoms with Crippen LogP contribution in [0.2, 0.25) is 0 Å². The second kappa shape index (κ2) is 3.96. The first-order valence-corrected chi connectivity index (χ1v) is 5.14. The van der Waals surface area contributed by atoms with E-state index in [1.807, 2.05) is 6.20 Å². The maximum atomic E-state index is 11.4. The van der Waals surface area contributed by atoms with E-state index >= 15 is 0 Å². The lowest BCUT2D eigenvalue weighted by molar-refractivity contribution is 0.459. The molecular weight excluding hydrogens is 176 g/mol. The van der Waals surface area contributed by atoms with Gasteiger partial charge in [-0.2, -0.15) is 0 Å². The zero-order valence-electron chi connectivity index (χ0n) is 8.49. The van der Waals surface area contributed by atoms with Gasteiger partial charge in [0, 0.05) is 19.3 Å². The molecule has 76 valence electrons. The van der Waals surface area contributed by atoms with E-state index in [0.717, 1.165) is 25.9 Å². The molecule has 0 amide bonds. The van der Waals surface area contributed by atoms with Crippen molar-refractivity contribution in [2.24, 2.45) is 7.05 Å². The second-order valence-electron chi connectivity index (χ2n) is 3.93. The molecule has 0 radical (unpaired) electrons. The van der Waals surface area contributed by atoms with Gasteiger partial charge in [0.05, 0.1) is 0 Å². The lowest BCUT2D eigenvalue weighted by Gasteiger charge is -2.22. The number of piperidine rings is 1. The van der Waals surface area contributed by atoms with Crippen LogP contribution in [0.1, 0.15) is 24.3 Å². The Morgan fingerprint density at radius 3 is 2.79 bits per heavy atom. The summed E-state index contributed by atoms with van der Waals surface area (Å²) in [6, 6.07) is 3.84. The smallest absolute Gasteiger partial charge is 0.250 e. The highest BCUT2D eigenvalue weighted by Crippen LogP contribution is 2.23. The molecule has 0 bridgehead atoms. The van der Waals surface area contributed by atoms with Crippen molar-refractivity contribution in [3.8, 4) is 0 Å². The van der Waals surface area contributed by atoms with Crippen LogP contribution in [0.4, 0.5) is 0 Å². The fourth-order valence-electron chi connectivity index (χ4n) is 1.97. The van der Waals surface area contributed by atoms with Crippen molar-refractivity contribution >= 4 is 0 Å². The van der Waals surface area contributed by atoms with Gasteiger partial charge < -0.3 is 9.88 Å². The monoisotopic (exact) mass is 192 g/mol. The number of rotatable bonds is 1. The summed E-state index contributed by atoms with van der Waals surface area (Å²) in [6.45, 7) is 2.14. The first-order valence-electron chi connectivity index (χ1n) is 5.14. The standard InChI is InChI=1S/C11H16N2O/c1-13-7-4-10(8-11(13)14)9-2-5-12-6-3-9/h4,7-9,12H,2-3,5-6H2,1H3. The Labute approximate surface area is 83.8 Å². The number of nitrogens with one attached hydrogen (secondary N) is 1. The molecule has 0 saturated carbocycles. The largest absolute Gasteiger partial charge is 0.319 e. The van der Waals surface area contributed by atoms with Gasteiger partial charge in [0.1, 0.15) is 0 Å². The van der Waals surface area contributed by atoms with Crippen LogP contribution in [0.25, 0.3) is 0 Å². The molecule has 2 heterocycles. The topological polar surface area (TPSA) is 34.0 Å². The van der Waals surface area contributed by atoms with Gasteiger partial charge in [-0.1, -0.05) is 0 Å². The normalized spacial score (nSPS) is 18.4. The molecule has 1 aromatic heterocycles. The predicted octanol–water partition coefficient (Wildman–Crippen LogP) is 0.852. The maximum absolute atomic E-state index is 11.4. The van der Waals surface area contributed by atoms with Crippen molar-refractivity contribution in [1.82, 2.24) is 9.88 Å². The van der Waals surface area contributed by atoms with Crippen LogP contribution in [0.15, 0.2) is 23.1 Å². The summed E-state index contributed by atoms with van der Waals surface area (Å²) < 4.78 is 1.62. The fraction of sp³-hybridized carbons (Fsp3) is 0.545. The van der Waals surface area contributed by atoms with E-state index < -0.39 is 0 Å². The number of pyridine rings is 1. The van der Waals surface area contributed by atoms with Crippen LogP contribution in [-0.2, 0) is 7.05 Å². The Hall–Kier alpha value is -1.09. The van der Waals surface area contributed by atoms with Gasteiger partial charge >= 0.3 is 0 Å². The Balaban J connectivity index is 2.23. The summed E-state index contributed by atoms with van der Waals surface area (Å²) in [6.07, 6.45) is 4.15. The molecule has 1 aliphatic heterocycles. The second-order valence-corrected chi connectivity index (χ2v) is 3.93. The Morgan fingerprint density at radius 1 is 1.43 bits per heavy atom. The van der Waals surface area contributed by atoms with Crippen molar-refractivity contribution in [2.75, 3.05) is 13.1 Å². The maximum Gasteiger partial charge on any atom is 0.250 e. The molecule has 3 heteroatoms. The average molecular weight is 192 g/mol. The fourth-order valence-corrected chi connectivity index (χ4v) is 1.97. The molecule has 3 nitrogen and oxygen atoms in total. The Bertz CT molecular complexity index is 364. The third-order valence-electron chi connectivity index (χ3n) is 2.94. The number of aryl methyl sites for hydroxylation is 1. The van der Waals surface area contributed by atoms with Gasteiger partial charge in [0.25, 0.3) is 5.56 Å². The summed E-state index contributed by atoms with van der Waals surface area (Å²) in [4.78, 5) is 11.4. The minimum atomic E-state index is 0.0982. The van der Waals surface area contributed by atoms with Crippen LogP contribution >= 0.6 is 0 Å². The minimum Gasteiger partial charge on any atom is -0.319 e. The SMILES string of the molecule is Cn1ccc(C2CCNCC2)cc1=O. The number of hydrogen-bond acceptors (Lipinski definition) is 2. The molecule has 0 atom stereocenters. The van der Waals surface area contributed by atoms with E-state index in [0.29, 0.717) is 5.92 Å². The molecule has 1 aromatic rings. The first-order chi connectivity index (χ1) is 6.77. The van der Waals surface area contributed by atoms with Crippen molar-refractivity contribution in [3.63, 3.8) is 0 Å². The van der Waals surface area contributed by atoms with Gasteiger partial charge in [-0.25, -0.2) is 0 Å². The molecule has 2 rings (SSSR count). The molecule has 0 aliphatic carbocycles. The molecule has 1 saturated heterocycles. The van der Waals surface area contributed by atoms with Crippen molar-refractivity contribution < 1.29 is 0 Å². The van der Waals surface area contributed by atoms with Gasteiger partial charge in [0.2, 0.25) is 0 Å². The van der Waals surface area contributed by atoms with Crippen LogP contribution in [0.5, 0.6) is 0 Å². The van der Waals surface area contributed by atoms with E-state index in [1.54, 1.807) is 17.7 Å². The molecule has 0 unspecified atom stereocenters. The highest BCUT2D eigenvalue weighted by atomic mass is 16.1. The predicted molar refractivity (Wildman–Crippen MR) is 56.5 cm³/mol. The van der Waals surface area contributed by atoms with E-state index in [4.69, 9.17) is 0 Å². The Kier molecular flexibility index (Phi) is 2.68. The van der Waals surface area contributed by atoms with Crippen LogP contribution in [0, 0.1) is 0 Å². The van der Waals surface area contributed by atoms with E-state index in [9.17, 15) is 4.79 Å². The average Bonchev–Trinajstić information content (AvgIpc) is 2.23. The molecular formula is C11H16N2O. The van der Waals surface area contributed by atoms with Gasteiger partial charge in [0.15, 0.2) is 0 Å². The Morgan fingerprint density at radius 2 is 2.14 bits per heavy atom. The first kappa shape index (κ1) is 9.46. The number of aromatic nitrogens is 1. The van der Waals surface area contributed by atoms with Crippen LogP contribution in [0.3, 0.4) is 0 Å². The van der Waals surface area contributed by atoms with Gasteiger partial charge in [-0.05, 0) is 43.5 Å². The molecule has 1 fully saturated rings. The van der Waals surface area contributed by atoms with E-state index in [2.05, 4.69) is 11.4 Å². The van der Waals surface area contributed by atoms with Crippen LogP contribution < -0.4 is 10.9 Å². The number of nitrogens with zero attached hydrogens (tertiary/aromatic N) is 1. The third-order valence-corrected chi connectivity index (χ3v) is 2.94. The van der Waals surface area contributed by atoms with Gasteiger partial charge in [-0.15, -0.1) is 0 Å². The molecule has 1 N–H and O–H groups in total. The quantitative estimate of drug-likeness (QED) is 0.716. The van der Waals surface area contributed by atoms with E-state index in [-0.39, 0.29) is 5.56 Å². The number of hydrogen-bond donors (Lipinski definition) is 1. The lowest BCUT2D eigenvalue weighted by Crippen LogP contribution is -2.27. The summed E-state index contributed by atoms with van der Waals surface area (Å²) in [5.41, 5.74) is 1.30. The summed E-state index contributed by atoms with van der Waals surface area (Å²) in [5, 5.41) is 3.33. The van der Waals surface area contributed by atoms with Crippen molar-refractivity contribution in [1.29, 1.82) is 0 Å². The van der Waals surface area contributed by atoms with Crippen molar-refractivity contribution in [3.05, 3.63) is 34.2 Å². The summed E-state index contributed by atoms with van der Waals surface area (Å²) in [5.74, 6) is 0.574.